The molecule has 0 radical (unpaired) electrons. The van der Waals surface area contributed by atoms with Crippen LogP contribution in [0.25, 0.3) is 11.1 Å². The summed E-state index contributed by atoms with van der Waals surface area (Å²) in [6.07, 6.45) is 15.2. The zero-order valence-corrected chi connectivity index (χ0v) is 20.1. The van der Waals surface area contributed by atoms with E-state index in [2.05, 4.69) is 110 Å². The lowest BCUT2D eigenvalue weighted by atomic mass is 9.86. The monoisotopic (exact) mass is 444 g/mol. The second-order valence-corrected chi connectivity index (χ2v) is 9.14. The first-order chi connectivity index (χ1) is 16.7. The Morgan fingerprint density at radius 3 is 2.65 bits per heavy atom. The van der Waals surface area contributed by atoms with Gasteiger partial charge in [-0.3, -0.25) is 4.98 Å². The van der Waals surface area contributed by atoms with Gasteiger partial charge in [-0.05, 0) is 83.7 Å². The summed E-state index contributed by atoms with van der Waals surface area (Å²) in [6, 6.07) is 24.0. The van der Waals surface area contributed by atoms with E-state index in [9.17, 15) is 0 Å². The van der Waals surface area contributed by atoms with Crippen molar-refractivity contribution in [3.05, 3.63) is 136 Å². The fourth-order valence-corrected chi connectivity index (χ4v) is 5.02. The van der Waals surface area contributed by atoms with Crippen LogP contribution in [-0.2, 0) is 12.8 Å². The smallest absolute Gasteiger partial charge is 0.0701 e. The van der Waals surface area contributed by atoms with Gasteiger partial charge in [0, 0.05) is 18.0 Å². The Kier molecular flexibility index (Phi) is 6.58. The Bertz CT molecular complexity index is 1290. The first-order valence-electron chi connectivity index (χ1n) is 12.3. The van der Waals surface area contributed by atoms with Crippen molar-refractivity contribution in [3.8, 4) is 0 Å². The van der Waals surface area contributed by atoms with Crippen molar-refractivity contribution < 1.29 is 0 Å². The molecule has 1 aromatic heterocycles. The molecule has 0 spiro atoms. The van der Waals surface area contributed by atoms with Crippen LogP contribution in [0.15, 0.2) is 109 Å². The van der Waals surface area contributed by atoms with Gasteiger partial charge in [-0.25, -0.2) is 0 Å². The van der Waals surface area contributed by atoms with Crippen LogP contribution in [-0.4, -0.2) is 4.98 Å². The fraction of sp³-hybridized carbons (Fsp3) is 0.219. The third-order valence-corrected chi connectivity index (χ3v) is 6.91. The van der Waals surface area contributed by atoms with Gasteiger partial charge in [-0.1, -0.05) is 79.7 Å². The number of benzene rings is 2. The summed E-state index contributed by atoms with van der Waals surface area (Å²) in [5.41, 5.74) is 11.8. The van der Waals surface area contributed by atoms with Crippen molar-refractivity contribution in [2.24, 2.45) is 0 Å². The topological polar surface area (TPSA) is 24.9 Å². The number of rotatable bonds is 6. The van der Waals surface area contributed by atoms with Gasteiger partial charge in [0.1, 0.15) is 0 Å². The summed E-state index contributed by atoms with van der Waals surface area (Å²) in [5, 5.41) is 3.67. The van der Waals surface area contributed by atoms with Crippen molar-refractivity contribution in [2.75, 3.05) is 0 Å². The van der Waals surface area contributed by atoms with Gasteiger partial charge in [0.2, 0.25) is 0 Å². The van der Waals surface area contributed by atoms with Crippen molar-refractivity contribution in [1.29, 1.82) is 0 Å². The number of hydrogen-bond donors (Lipinski definition) is 1. The molecule has 0 saturated heterocycles. The number of aryl methyl sites for hydroxylation is 1. The Labute approximate surface area is 203 Å². The van der Waals surface area contributed by atoms with Crippen LogP contribution in [0.4, 0.5) is 0 Å². The van der Waals surface area contributed by atoms with Crippen LogP contribution in [0.1, 0.15) is 60.7 Å². The Morgan fingerprint density at radius 2 is 1.82 bits per heavy atom. The Balaban J connectivity index is 1.45. The van der Waals surface area contributed by atoms with Gasteiger partial charge in [0.05, 0.1) is 11.7 Å². The quantitative estimate of drug-likeness (QED) is 0.423. The van der Waals surface area contributed by atoms with Gasteiger partial charge in [-0.2, -0.15) is 0 Å². The summed E-state index contributed by atoms with van der Waals surface area (Å²) in [6.45, 7) is 4.42. The molecule has 1 unspecified atom stereocenters. The normalized spacial score (nSPS) is 17.8. The Morgan fingerprint density at radius 1 is 1.00 bits per heavy atom. The van der Waals surface area contributed by atoms with E-state index in [-0.39, 0.29) is 6.04 Å². The number of allylic oxidation sites excluding steroid dienone is 6. The van der Waals surface area contributed by atoms with Crippen LogP contribution < -0.4 is 5.32 Å². The average molecular weight is 445 g/mol. The molecule has 0 bridgehead atoms. The third kappa shape index (κ3) is 4.68. The second kappa shape index (κ2) is 10.1. The molecular formula is C32H32N2. The van der Waals surface area contributed by atoms with Crippen LogP contribution in [0.5, 0.6) is 0 Å². The van der Waals surface area contributed by atoms with Crippen molar-refractivity contribution in [2.45, 2.75) is 45.6 Å². The SMILES string of the molecule is CCc1ccnc(C2=C(Cc3ccccc3C3C=C(C)C(c4ccccc4)=CN3)C=CCC2)c1. The van der Waals surface area contributed by atoms with Crippen LogP contribution in [0.3, 0.4) is 0 Å². The minimum absolute atomic E-state index is 0.168. The molecule has 1 aliphatic carbocycles. The van der Waals surface area contributed by atoms with Crippen molar-refractivity contribution in [1.82, 2.24) is 10.3 Å². The van der Waals surface area contributed by atoms with E-state index in [1.54, 1.807) is 0 Å². The van der Waals surface area contributed by atoms with E-state index in [0.29, 0.717) is 0 Å². The summed E-state index contributed by atoms with van der Waals surface area (Å²) in [7, 11) is 0. The number of nitrogens with zero attached hydrogens (tertiary/aromatic N) is 1. The highest BCUT2D eigenvalue weighted by atomic mass is 14.9. The second-order valence-electron chi connectivity index (χ2n) is 9.14. The molecule has 1 N–H and O–H groups in total. The molecule has 2 nitrogen and oxygen atoms in total. The standard InChI is InChI=1S/C32H32N2/c1-3-24-17-18-33-32(20-24)29-16-10-8-14-27(29)21-26-13-7-9-15-28(26)31-19-23(2)30(22-34-31)25-11-5-4-6-12-25/h4-9,11-15,17-20,22,31,34H,3,10,16,21H2,1-2H3. The lowest BCUT2D eigenvalue weighted by molar-refractivity contribution is 0.734. The average Bonchev–Trinajstić information content (AvgIpc) is 2.90. The first kappa shape index (κ1) is 22.2. The van der Waals surface area contributed by atoms with E-state index in [0.717, 1.165) is 31.4 Å². The van der Waals surface area contributed by atoms with Gasteiger partial charge in [0.25, 0.3) is 0 Å². The van der Waals surface area contributed by atoms with Gasteiger partial charge >= 0.3 is 0 Å². The summed E-state index contributed by atoms with van der Waals surface area (Å²) < 4.78 is 0. The van der Waals surface area contributed by atoms with E-state index in [1.165, 1.54) is 44.5 Å². The maximum absolute atomic E-state index is 4.74. The highest BCUT2D eigenvalue weighted by Crippen LogP contribution is 2.34. The fourth-order valence-electron chi connectivity index (χ4n) is 5.02. The van der Waals surface area contributed by atoms with Crippen molar-refractivity contribution in [3.63, 3.8) is 0 Å². The molecule has 0 fully saturated rings. The molecular weight excluding hydrogens is 412 g/mol. The van der Waals surface area contributed by atoms with Crippen LogP contribution in [0.2, 0.25) is 0 Å². The molecule has 0 saturated carbocycles. The summed E-state index contributed by atoms with van der Waals surface area (Å²) >= 11 is 0. The zero-order valence-electron chi connectivity index (χ0n) is 20.1. The molecule has 1 aliphatic heterocycles. The highest BCUT2D eigenvalue weighted by Gasteiger charge is 2.20. The number of nitrogens with one attached hydrogen (secondary N) is 1. The molecule has 2 heterocycles. The largest absolute Gasteiger partial charge is 0.380 e. The number of pyridine rings is 1. The minimum Gasteiger partial charge on any atom is -0.380 e. The highest BCUT2D eigenvalue weighted by molar-refractivity contribution is 5.79. The van der Waals surface area contributed by atoms with E-state index in [4.69, 9.17) is 4.98 Å². The molecule has 2 aliphatic rings. The maximum Gasteiger partial charge on any atom is 0.0701 e. The molecule has 3 aromatic rings. The predicted molar refractivity (Wildman–Crippen MR) is 143 cm³/mol. The van der Waals surface area contributed by atoms with Gasteiger partial charge in [-0.15, -0.1) is 0 Å². The van der Waals surface area contributed by atoms with Crippen LogP contribution >= 0.6 is 0 Å². The minimum atomic E-state index is 0.168. The summed E-state index contributed by atoms with van der Waals surface area (Å²) in [5.74, 6) is 0. The molecule has 34 heavy (non-hydrogen) atoms. The Hall–Kier alpha value is -3.65. The predicted octanol–water partition coefficient (Wildman–Crippen LogP) is 7.62. The third-order valence-electron chi connectivity index (χ3n) is 6.91. The molecule has 0 amide bonds. The zero-order chi connectivity index (χ0) is 23.3. The maximum atomic E-state index is 4.74. The molecule has 2 heteroatoms. The molecule has 1 atom stereocenters. The van der Waals surface area contributed by atoms with E-state index in [1.807, 2.05) is 6.20 Å². The van der Waals surface area contributed by atoms with E-state index >= 15 is 0 Å². The lowest BCUT2D eigenvalue weighted by Crippen LogP contribution is -2.20. The molecule has 170 valence electrons. The first-order valence-corrected chi connectivity index (χ1v) is 12.3. The number of aromatic nitrogens is 1. The van der Waals surface area contributed by atoms with Gasteiger partial charge in [0.15, 0.2) is 0 Å². The number of hydrogen-bond acceptors (Lipinski definition) is 2. The van der Waals surface area contributed by atoms with Crippen molar-refractivity contribution >= 4 is 11.1 Å². The van der Waals surface area contributed by atoms with Gasteiger partial charge < -0.3 is 5.32 Å². The number of dihydropyridines is 1. The van der Waals surface area contributed by atoms with Crippen LogP contribution in [0, 0.1) is 0 Å². The molecule has 5 rings (SSSR count). The summed E-state index contributed by atoms with van der Waals surface area (Å²) in [4.78, 5) is 4.74. The lowest BCUT2D eigenvalue weighted by Gasteiger charge is -2.25. The molecule has 2 aromatic carbocycles. The van der Waals surface area contributed by atoms with E-state index < -0.39 is 0 Å².